The summed E-state index contributed by atoms with van der Waals surface area (Å²) in [7, 11) is -1.50. The Labute approximate surface area is 292 Å². The van der Waals surface area contributed by atoms with Crippen molar-refractivity contribution in [2.75, 3.05) is 31.6 Å². The van der Waals surface area contributed by atoms with E-state index in [1.54, 1.807) is 37.3 Å². The van der Waals surface area contributed by atoms with Crippen molar-refractivity contribution < 1.29 is 27.5 Å². The second-order valence-electron chi connectivity index (χ2n) is 11.2. The zero-order valence-corrected chi connectivity index (χ0v) is 29.8. The van der Waals surface area contributed by atoms with Gasteiger partial charge in [-0.2, -0.15) is 0 Å². The number of aryl methyl sites for hydroxylation is 2. The van der Waals surface area contributed by atoms with E-state index in [0.717, 1.165) is 21.0 Å². The molecule has 4 aromatic carbocycles. The number of sulfonamides is 1. The van der Waals surface area contributed by atoms with Crippen LogP contribution in [0.2, 0.25) is 10.0 Å². The van der Waals surface area contributed by atoms with Crippen LogP contribution in [0.25, 0.3) is 0 Å². The molecule has 0 unspecified atom stereocenters. The van der Waals surface area contributed by atoms with Crippen molar-refractivity contribution in [1.82, 2.24) is 10.2 Å². The fourth-order valence-corrected chi connectivity index (χ4v) is 7.14. The second-order valence-corrected chi connectivity index (χ2v) is 13.9. The van der Waals surface area contributed by atoms with E-state index >= 15 is 0 Å². The molecule has 2 amide bonds. The van der Waals surface area contributed by atoms with Gasteiger partial charge in [-0.05, 0) is 79.4 Å². The van der Waals surface area contributed by atoms with Crippen molar-refractivity contribution in [2.24, 2.45) is 0 Å². The molecule has 0 aliphatic rings. The summed E-state index contributed by atoms with van der Waals surface area (Å²) in [4.78, 5) is 29.6. The van der Waals surface area contributed by atoms with E-state index in [0.29, 0.717) is 28.6 Å². The number of rotatable bonds is 14. The van der Waals surface area contributed by atoms with Gasteiger partial charge < -0.3 is 19.7 Å². The van der Waals surface area contributed by atoms with Gasteiger partial charge in [-0.25, -0.2) is 8.42 Å². The molecule has 0 fully saturated rings. The van der Waals surface area contributed by atoms with E-state index in [9.17, 15) is 18.0 Å². The Morgan fingerprint density at radius 1 is 0.812 bits per heavy atom. The summed E-state index contributed by atoms with van der Waals surface area (Å²) in [6.45, 7) is 5.18. The number of nitrogens with one attached hydrogen (secondary N) is 1. The van der Waals surface area contributed by atoms with Crippen LogP contribution in [0.3, 0.4) is 0 Å². The first kappa shape index (κ1) is 36.6. The predicted molar refractivity (Wildman–Crippen MR) is 190 cm³/mol. The molecule has 0 heterocycles. The van der Waals surface area contributed by atoms with Crippen LogP contribution in [-0.4, -0.2) is 58.5 Å². The zero-order chi connectivity index (χ0) is 35.0. The van der Waals surface area contributed by atoms with E-state index in [4.69, 9.17) is 32.7 Å². The first-order valence-corrected chi connectivity index (χ1v) is 17.5. The SMILES string of the molecule is CCNC(=O)[C@H](Cc1ccccc1)N(Cc1ccc(Cl)c(Cl)c1)C(=O)CN(c1cc(C)cc(C)c1)S(=O)(=O)c1ccc(OC)c(OC)c1. The third kappa shape index (κ3) is 8.80. The number of nitrogens with zero attached hydrogens (tertiary/aromatic N) is 2. The summed E-state index contributed by atoms with van der Waals surface area (Å²) in [5.74, 6) is -0.415. The molecule has 254 valence electrons. The summed E-state index contributed by atoms with van der Waals surface area (Å²) >= 11 is 12.5. The number of likely N-dealkylation sites (N-methyl/N-ethyl adjacent to an activating group) is 1. The molecule has 12 heteroatoms. The van der Waals surface area contributed by atoms with Crippen molar-refractivity contribution in [3.8, 4) is 11.5 Å². The van der Waals surface area contributed by atoms with Crippen LogP contribution >= 0.6 is 23.2 Å². The number of hydrogen-bond acceptors (Lipinski definition) is 6. The van der Waals surface area contributed by atoms with Gasteiger partial charge in [0.2, 0.25) is 11.8 Å². The molecule has 1 N–H and O–H groups in total. The number of amides is 2. The van der Waals surface area contributed by atoms with Crippen LogP contribution in [0, 0.1) is 13.8 Å². The van der Waals surface area contributed by atoms with Crippen LogP contribution in [-0.2, 0) is 32.6 Å². The number of ether oxygens (including phenoxy) is 2. The minimum atomic E-state index is -4.36. The van der Waals surface area contributed by atoms with E-state index in [1.165, 1.54) is 37.3 Å². The van der Waals surface area contributed by atoms with E-state index in [2.05, 4.69) is 5.32 Å². The molecule has 1 atom stereocenters. The highest BCUT2D eigenvalue weighted by Gasteiger charge is 2.35. The molecule has 4 rings (SSSR count). The lowest BCUT2D eigenvalue weighted by molar-refractivity contribution is -0.140. The summed E-state index contributed by atoms with van der Waals surface area (Å²) in [6, 6.07) is 22.9. The van der Waals surface area contributed by atoms with Crippen molar-refractivity contribution in [3.63, 3.8) is 0 Å². The molecular weight excluding hydrogens is 673 g/mol. The van der Waals surface area contributed by atoms with Crippen molar-refractivity contribution in [3.05, 3.63) is 117 Å². The van der Waals surface area contributed by atoms with E-state index < -0.39 is 28.5 Å². The van der Waals surface area contributed by atoms with E-state index in [1.807, 2.05) is 50.2 Å². The summed E-state index contributed by atoms with van der Waals surface area (Å²) < 4.78 is 40.7. The van der Waals surface area contributed by atoms with Crippen LogP contribution in [0.1, 0.15) is 29.2 Å². The average molecular weight is 713 g/mol. The molecule has 48 heavy (non-hydrogen) atoms. The first-order chi connectivity index (χ1) is 22.9. The quantitative estimate of drug-likeness (QED) is 0.158. The topological polar surface area (TPSA) is 105 Å². The Morgan fingerprint density at radius 2 is 1.48 bits per heavy atom. The van der Waals surface area contributed by atoms with Crippen LogP contribution < -0.4 is 19.1 Å². The largest absolute Gasteiger partial charge is 0.493 e. The normalized spacial score (nSPS) is 11.8. The smallest absolute Gasteiger partial charge is 0.264 e. The maximum Gasteiger partial charge on any atom is 0.264 e. The minimum Gasteiger partial charge on any atom is -0.493 e. The molecule has 0 spiro atoms. The molecule has 0 aromatic heterocycles. The maximum atomic E-state index is 14.6. The number of anilines is 1. The first-order valence-electron chi connectivity index (χ1n) is 15.3. The van der Waals surface area contributed by atoms with Crippen molar-refractivity contribution in [1.29, 1.82) is 0 Å². The van der Waals surface area contributed by atoms with Gasteiger partial charge in [0.25, 0.3) is 10.0 Å². The van der Waals surface area contributed by atoms with Crippen molar-refractivity contribution in [2.45, 2.75) is 44.7 Å². The van der Waals surface area contributed by atoms with Gasteiger partial charge >= 0.3 is 0 Å². The number of carbonyl (C=O) groups excluding carboxylic acids is 2. The second kappa shape index (κ2) is 16.2. The highest BCUT2D eigenvalue weighted by molar-refractivity contribution is 7.92. The molecular formula is C36H39Cl2N3O6S. The van der Waals surface area contributed by atoms with Gasteiger partial charge in [0, 0.05) is 25.6 Å². The lowest BCUT2D eigenvalue weighted by atomic mass is 10.0. The van der Waals surface area contributed by atoms with E-state index in [-0.39, 0.29) is 34.5 Å². The number of hydrogen-bond donors (Lipinski definition) is 1. The molecule has 0 radical (unpaired) electrons. The monoisotopic (exact) mass is 711 g/mol. The third-order valence-electron chi connectivity index (χ3n) is 7.68. The summed E-state index contributed by atoms with van der Waals surface area (Å²) in [5, 5.41) is 3.47. The Bertz CT molecular complexity index is 1850. The highest BCUT2D eigenvalue weighted by Crippen LogP contribution is 2.33. The molecule has 0 saturated heterocycles. The molecule has 0 aliphatic carbocycles. The Kier molecular flexibility index (Phi) is 12.4. The van der Waals surface area contributed by atoms with Gasteiger partial charge in [0.1, 0.15) is 12.6 Å². The molecule has 0 saturated carbocycles. The van der Waals surface area contributed by atoms with Crippen LogP contribution in [0.5, 0.6) is 11.5 Å². The summed E-state index contributed by atoms with van der Waals surface area (Å²) in [6.07, 6.45) is 0.186. The molecule has 4 aromatic rings. The number of carbonyl (C=O) groups is 2. The average Bonchev–Trinajstić information content (AvgIpc) is 3.06. The molecule has 0 aliphatic heterocycles. The van der Waals surface area contributed by atoms with Crippen molar-refractivity contribution >= 4 is 50.7 Å². The Morgan fingerprint density at radius 3 is 2.08 bits per heavy atom. The predicted octanol–water partition coefficient (Wildman–Crippen LogP) is 6.60. The highest BCUT2D eigenvalue weighted by atomic mass is 35.5. The molecule has 9 nitrogen and oxygen atoms in total. The van der Waals surface area contributed by atoms with Gasteiger partial charge in [-0.3, -0.25) is 13.9 Å². The Hall–Kier alpha value is -4.25. The third-order valence-corrected chi connectivity index (χ3v) is 10.2. The summed E-state index contributed by atoms with van der Waals surface area (Å²) in [5.41, 5.74) is 3.34. The van der Waals surface area contributed by atoms with Gasteiger partial charge in [0.05, 0.1) is 34.8 Å². The maximum absolute atomic E-state index is 14.6. The number of halogens is 2. The van der Waals surface area contributed by atoms with Crippen LogP contribution in [0.15, 0.2) is 89.8 Å². The van der Waals surface area contributed by atoms with Crippen LogP contribution in [0.4, 0.5) is 5.69 Å². The lowest BCUT2D eigenvalue weighted by Gasteiger charge is -2.34. The fraction of sp³-hybridized carbons (Fsp3) is 0.278. The number of methoxy groups -OCH3 is 2. The van der Waals surface area contributed by atoms with Gasteiger partial charge in [-0.1, -0.05) is 65.7 Å². The van der Waals surface area contributed by atoms with Gasteiger partial charge in [-0.15, -0.1) is 0 Å². The number of benzene rings is 4. The Balaban J connectivity index is 1.86. The standard InChI is InChI=1S/C36H39Cl2N3O6S/c1-6-39-36(43)32(20-26-10-8-7-9-11-26)40(22-27-12-14-30(37)31(38)19-27)35(42)23-41(28-17-24(2)16-25(3)18-28)48(44,45)29-13-15-33(46-4)34(21-29)47-5/h7-19,21,32H,6,20,22-23H2,1-5H3,(H,39,43)/t32-/m0/s1. The minimum absolute atomic E-state index is 0.0402. The lowest BCUT2D eigenvalue weighted by Crippen LogP contribution is -2.53. The zero-order valence-electron chi connectivity index (χ0n) is 27.5. The fourth-order valence-electron chi connectivity index (χ4n) is 5.41. The van der Waals surface area contributed by atoms with Gasteiger partial charge in [0.15, 0.2) is 11.5 Å². The molecule has 0 bridgehead atoms.